The number of hydrogen-bond donors (Lipinski definition) is 2. The third-order valence-electron chi connectivity index (χ3n) is 2.77. The molecule has 0 unspecified atom stereocenters. The van der Waals surface area contributed by atoms with Crippen LogP contribution in [0.25, 0.3) is 0 Å². The molecule has 0 aliphatic carbocycles. The molecule has 2 aromatic rings. The molecule has 2 N–H and O–H groups in total. The zero-order valence-corrected chi connectivity index (χ0v) is 11.5. The summed E-state index contributed by atoms with van der Waals surface area (Å²) in [6.45, 7) is 3.44. The number of anilines is 1. The first-order valence-electron chi connectivity index (χ1n) is 6.66. The molecular weight excluding hydrogens is 252 g/mol. The van der Waals surface area contributed by atoms with Crippen molar-refractivity contribution in [1.29, 1.82) is 0 Å². The van der Waals surface area contributed by atoms with Gasteiger partial charge in [-0.1, -0.05) is 6.92 Å². The van der Waals surface area contributed by atoms with Gasteiger partial charge >= 0.3 is 0 Å². The maximum Gasteiger partial charge on any atom is 0.270 e. The van der Waals surface area contributed by atoms with E-state index in [9.17, 15) is 4.79 Å². The van der Waals surface area contributed by atoms with Gasteiger partial charge in [0.15, 0.2) is 0 Å². The van der Waals surface area contributed by atoms with E-state index in [2.05, 4.69) is 27.5 Å². The van der Waals surface area contributed by atoms with Gasteiger partial charge < -0.3 is 10.6 Å². The Balaban J connectivity index is 1.95. The van der Waals surface area contributed by atoms with E-state index in [-0.39, 0.29) is 5.91 Å². The van der Waals surface area contributed by atoms with Crippen LogP contribution in [-0.4, -0.2) is 22.4 Å². The highest BCUT2D eigenvalue weighted by molar-refractivity contribution is 5.93. The van der Waals surface area contributed by atoms with Crippen LogP contribution >= 0.6 is 0 Å². The molecule has 104 valence electrons. The second kappa shape index (κ2) is 7.23. The molecule has 2 rings (SSSR count). The van der Waals surface area contributed by atoms with Gasteiger partial charge in [0.1, 0.15) is 5.69 Å². The number of aromatic nitrogens is 2. The maximum atomic E-state index is 12.0. The van der Waals surface area contributed by atoms with E-state index in [0.717, 1.165) is 24.2 Å². The maximum absolute atomic E-state index is 12.0. The van der Waals surface area contributed by atoms with Crippen LogP contribution in [0, 0.1) is 0 Å². The highest BCUT2D eigenvalue weighted by Gasteiger charge is 2.07. The topological polar surface area (TPSA) is 66.9 Å². The lowest BCUT2D eigenvalue weighted by molar-refractivity contribution is 0.0946. The molecular formula is C15H18N4O. The Kier molecular flexibility index (Phi) is 5.06. The Bertz CT molecular complexity index is 557. The minimum absolute atomic E-state index is 0.179. The summed E-state index contributed by atoms with van der Waals surface area (Å²) in [7, 11) is 0. The Morgan fingerprint density at radius 1 is 1.20 bits per heavy atom. The van der Waals surface area contributed by atoms with Gasteiger partial charge in [-0.2, -0.15) is 0 Å². The molecule has 0 fully saturated rings. The average molecular weight is 270 g/mol. The summed E-state index contributed by atoms with van der Waals surface area (Å²) in [6.07, 6.45) is 6.08. The molecule has 5 nitrogen and oxygen atoms in total. The van der Waals surface area contributed by atoms with Gasteiger partial charge in [0.2, 0.25) is 0 Å². The van der Waals surface area contributed by atoms with Gasteiger partial charge in [0, 0.05) is 37.4 Å². The fourth-order valence-electron chi connectivity index (χ4n) is 1.71. The fourth-order valence-corrected chi connectivity index (χ4v) is 1.71. The first kappa shape index (κ1) is 14.0. The Labute approximate surface area is 118 Å². The third kappa shape index (κ3) is 4.05. The molecule has 2 heterocycles. The first-order valence-corrected chi connectivity index (χ1v) is 6.66. The Hall–Kier alpha value is -2.43. The summed E-state index contributed by atoms with van der Waals surface area (Å²) < 4.78 is 0. The molecule has 0 aromatic carbocycles. The molecule has 0 saturated carbocycles. The van der Waals surface area contributed by atoms with Gasteiger partial charge in [-0.15, -0.1) is 0 Å². The van der Waals surface area contributed by atoms with Crippen molar-refractivity contribution >= 4 is 11.6 Å². The summed E-state index contributed by atoms with van der Waals surface area (Å²) in [4.78, 5) is 20.1. The molecule has 2 aromatic heterocycles. The second-order valence-corrected chi connectivity index (χ2v) is 4.39. The molecule has 1 amide bonds. The minimum atomic E-state index is -0.179. The van der Waals surface area contributed by atoms with Crippen molar-refractivity contribution in [2.45, 2.75) is 19.9 Å². The second-order valence-electron chi connectivity index (χ2n) is 4.39. The summed E-state index contributed by atoms with van der Waals surface area (Å²) in [5, 5.41) is 6.08. The standard InChI is InChI=1S/C15H18N4O/c1-2-6-17-13-5-9-18-14(10-13)15(20)19-11-12-3-7-16-8-4-12/h3-5,7-10H,2,6,11H2,1H3,(H,17,18)(H,19,20). The van der Waals surface area contributed by atoms with E-state index in [0.29, 0.717) is 12.2 Å². The van der Waals surface area contributed by atoms with Crippen LogP contribution in [0.2, 0.25) is 0 Å². The van der Waals surface area contributed by atoms with Crippen molar-refractivity contribution in [1.82, 2.24) is 15.3 Å². The molecule has 0 saturated heterocycles. The highest BCUT2D eigenvalue weighted by Crippen LogP contribution is 2.08. The number of nitrogens with one attached hydrogen (secondary N) is 2. The number of amides is 1. The van der Waals surface area contributed by atoms with Gasteiger partial charge in [0.05, 0.1) is 0 Å². The highest BCUT2D eigenvalue weighted by atomic mass is 16.1. The van der Waals surface area contributed by atoms with Gasteiger partial charge in [-0.05, 0) is 36.2 Å². The lowest BCUT2D eigenvalue weighted by Crippen LogP contribution is -2.23. The Morgan fingerprint density at radius 2 is 2.00 bits per heavy atom. The largest absolute Gasteiger partial charge is 0.385 e. The third-order valence-corrected chi connectivity index (χ3v) is 2.77. The van der Waals surface area contributed by atoms with Gasteiger partial charge in [0.25, 0.3) is 5.91 Å². The molecule has 0 spiro atoms. The number of pyridine rings is 2. The van der Waals surface area contributed by atoms with Crippen molar-refractivity contribution < 1.29 is 4.79 Å². The molecule has 0 radical (unpaired) electrons. The average Bonchev–Trinajstić information content (AvgIpc) is 2.52. The minimum Gasteiger partial charge on any atom is -0.385 e. The van der Waals surface area contributed by atoms with E-state index in [1.165, 1.54) is 0 Å². The van der Waals surface area contributed by atoms with E-state index < -0.39 is 0 Å². The zero-order chi connectivity index (χ0) is 14.2. The summed E-state index contributed by atoms with van der Waals surface area (Å²) in [6, 6.07) is 7.35. The van der Waals surface area contributed by atoms with E-state index >= 15 is 0 Å². The van der Waals surface area contributed by atoms with Crippen LogP contribution in [0.4, 0.5) is 5.69 Å². The molecule has 0 bridgehead atoms. The lowest BCUT2D eigenvalue weighted by atomic mass is 10.2. The number of hydrogen-bond acceptors (Lipinski definition) is 4. The van der Waals surface area contributed by atoms with E-state index in [4.69, 9.17) is 0 Å². The van der Waals surface area contributed by atoms with Crippen molar-refractivity contribution in [2.75, 3.05) is 11.9 Å². The summed E-state index contributed by atoms with van der Waals surface area (Å²) in [5.41, 5.74) is 2.34. The normalized spacial score (nSPS) is 10.1. The van der Waals surface area contributed by atoms with Gasteiger partial charge in [-0.3, -0.25) is 14.8 Å². The van der Waals surface area contributed by atoms with Crippen LogP contribution in [0.3, 0.4) is 0 Å². The SMILES string of the molecule is CCCNc1ccnc(C(=O)NCc2ccncc2)c1. The number of rotatable bonds is 6. The van der Waals surface area contributed by atoms with Crippen LogP contribution in [0.1, 0.15) is 29.4 Å². The summed E-state index contributed by atoms with van der Waals surface area (Å²) in [5.74, 6) is -0.179. The smallest absolute Gasteiger partial charge is 0.270 e. The number of carbonyl (C=O) groups is 1. The van der Waals surface area contributed by atoms with E-state index in [1.54, 1.807) is 24.7 Å². The molecule has 0 aliphatic heterocycles. The molecule has 0 atom stereocenters. The fraction of sp³-hybridized carbons (Fsp3) is 0.267. The molecule has 5 heteroatoms. The molecule has 0 aliphatic rings. The van der Waals surface area contributed by atoms with Crippen molar-refractivity contribution in [3.8, 4) is 0 Å². The summed E-state index contributed by atoms with van der Waals surface area (Å²) >= 11 is 0. The van der Waals surface area contributed by atoms with Crippen LogP contribution in [0.5, 0.6) is 0 Å². The number of carbonyl (C=O) groups excluding carboxylic acids is 1. The van der Waals surface area contributed by atoms with Crippen molar-refractivity contribution in [2.24, 2.45) is 0 Å². The quantitative estimate of drug-likeness (QED) is 0.844. The zero-order valence-electron chi connectivity index (χ0n) is 11.5. The van der Waals surface area contributed by atoms with Crippen molar-refractivity contribution in [3.63, 3.8) is 0 Å². The van der Waals surface area contributed by atoms with Gasteiger partial charge in [-0.25, -0.2) is 0 Å². The van der Waals surface area contributed by atoms with Crippen LogP contribution in [0.15, 0.2) is 42.9 Å². The van der Waals surface area contributed by atoms with Crippen LogP contribution < -0.4 is 10.6 Å². The monoisotopic (exact) mass is 270 g/mol. The Morgan fingerprint density at radius 3 is 2.75 bits per heavy atom. The predicted molar refractivity (Wildman–Crippen MR) is 78.4 cm³/mol. The first-order chi connectivity index (χ1) is 9.79. The predicted octanol–water partition coefficient (Wildman–Crippen LogP) is 2.23. The van der Waals surface area contributed by atoms with E-state index in [1.807, 2.05) is 18.2 Å². The molecule has 20 heavy (non-hydrogen) atoms. The number of nitrogens with zero attached hydrogens (tertiary/aromatic N) is 2. The van der Waals surface area contributed by atoms with Crippen LogP contribution in [-0.2, 0) is 6.54 Å². The van der Waals surface area contributed by atoms with Crippen molar-refractivity contribution in [3.05, 3.63) is 54.1 Å². The lowest BCUT2D eigenvalue weighted by Gasteiger charge is -2.07.